The fourth-order valence-corrected chi connectivity index (χ4v) is 3.25. The van der Waals surface area contributed by atoms with E-state index in [1.54, 1.807) is 19.2 Å². The van der Waals surface area contributed by atoms with Crippen LogP contribution in [0.2, 0.25) is 5.02 Å². The van der Waals surface area contributed by atoms with Gasteiger partial charge < -0.3 is 4.57 Å². The topological polar surface area (TPSA) is 64.0 Å². The quantitative estimate of drug-likeness (QED) is 0.775. The summed E-state index contributed by atoms with van der Waals surface area (Å²) < 4.78 is 27.9. The van der Waals surface area contributed by atoms with E-state index in [4.69, 9.17) is 11.6 Å². The molecule has 3 aromatic rings. The molecule has 0 spiro atoms. The minimum absolute atomic E-state index is 0. The van der Waals surface area contributed by atoms with E-state index in [0.29, 0.717) is 10.7 Å². The van der Waals surface area contributed by atoms with Crippen molar-refractivity contribution in [3.05, 3.63) is 47.7 Å². The van der Waals surface area contributed by atoms with Gasteiger partial charge in [-0.2, -0.15) is 0 Å². The van der Waals surface area contributed by atoms with Crippen molar-refractivity contribution in [1.29, 1.82) is 0 Å². The number of anilines is 1. The molecule has 0 fully saturated rings. The fraction of sp³-hybridized carbons (Fsp3) is 0.188. The molecule has 2 heterocycles. The van der Waals surface area contributed by atoms with Crippen LogP contribution in [0.1, 0.15) is 8.35 Å². The van der Waals surface area contributed by atoms with Crippen LogP contribution in [0.15, 0.2) is 42.7 Å². The van der Waals surface area contributed by atoms with Crippen molar-refractivity contribution in [3.8, 4) is 11.3 Å². The molecule has 0 aliphatic heterocycles. The van der Waals surface area contributed by atoms with Gasteiger partial charge in [-0.25, -0.2) is 8.42 Å². The number of hydrogen-bond donors (Lipinski definition) is 1. The summed E-state index contributed by atoms with van der Waals surface area (Å²) in [6, 6.07) is 9.50. The molecule has 1 N–H and O–H groups in total. The van der Waals surface area contributed by atoms with E-state index in [2.05, 4.69) is 9.71 Å². The van der Waals surface area contributed by atoms with Crippen LogP contribution in [-0.2, 0) is 17.1 Å². The van der Waals surface area contributed by atoms with Crippen LogP contribution in [0.4, 0.5) is 5.69 Å². The van der Waals surface area contributed by atoms with Crippen molar-refractivity contribution < 1.29 is 9.84 Å². The predicted octanol–water partition coefficient (Wildman–Crippen LogP) is 3.90. The van der Waals surface area contributed by atoms with Gasteiger partial charge in [0.15, 0.2) is 0 Å². The molecule has 7 heteroatoms. The van der Waals surface area contributed by atoms with E-state index >= 15 is 0 Å². The van der Waals surface area contributed by atoms with Gasteiger partial charge in [-0.3, -0.25) is 9.71 Å². The molecule has 0 saturated heterocycles. The van der Waals surface area contributed by atoms with Crippen molar-refractivity contribution >= 4 is 38.2 Å². The monoisotopic (exact) mass is 351 g/mol. The highest BCUT2D eigenvalue weighted by molar-refractivity contribution is 7.92. The van der Waals surface area contributed by atoms with E-state index in [-0.39, 0.29) is 7.18 Å². The minimum Gasteiger partial charge on any atom is -0.344 e. The maximum absolute atomic E-state index is 11.7. The van der Waals surface area contributed by atoms with Crippen LogP contribution in [0, 0.1) is 0 Å². The third-order valence-corrected chi connectivity index (χ3v) is 5.24. The zero-order valence-corrected chi connectivity index (χ0v) is 14.3. The van der Waals surface area contributed by atoms with Crippen LogP contribution in [0.5, 0.6) is 0 Å². The Bertz CT molecular complexity index is 986. The lowest BCUT2D eigenvalue weighted by atomic mass is 10.2. The fourth-order valence-electron chi connectivity index (χ4n) is 2.47. The lowest BCUT2D eigenvalue weighted by Gasteiger charge is -2.08. The maximum atomic E-state index is 11.7. The molecule has 0 amide bonds. The summed E-state index contributed by atoms with van der Waals surface area (Å²) in [5.74, 6) is 0.0176. The average Bonchev–Trinajstić information content (AvgIpc) is 2.84. The molecule has 0 saturated carbocycles. The molecule has 23 heavy (non-hydrogen) atoms. The van der Waals surface area contributed by atoms with Gasteiger partial charge in [0.05, 0.1) is 23.3 Å². The summed E-state index contributed by atoms with van der Waals surface area (Å²) in [7, 11) is -1.38. The van der Waals surface area contributed by atoms with Gasteiger partial charge in [0, 0.05) is 36.2 Å². The summed E-state index contributed by atoms with van der Waals surface area (Å²) in [6.45, 7) is 1.59. The second-order valence-corrected chi connectivity index (χ2v) is 7.71. The van der Waals surface area contributed by atoms with Crippen LogP contribution in [-0.4, -0.2) is 23.7 Å². The number of nitrogens with one attached hydrogen (secondary N) is 1. The highest BCUT2D eigenvalue weighted by Crippen LogP contribution is 2.29. The number of pyridine rings is 1. The van der Waals surface area contributed by atoms with E-state index in [0.717, 1.165) is 22.2 Å². The Morgan fingerprint density at radius 3 is 2.78 bits per heavy atom. The Balaban J connectivity index is 0.00000208. The summed E-state index contributed by atoms with van der Waals surface area (Å²) in [6.07, 6.45) is 3.20. The van der Waals surface area contributed by atoms with Crippen molar-refractivity contribution in [2.75, 3.05) is 10.5 Å². The van der Waals surface area contributed by atoms with Crippen LogP contribution >= 0.6 is 11.6 Å². The second-order valence-electron chi connectivity index (χ2n) is 5.26. The van der Waals surface area contributed by atoms with E-state index in [1.807, 2.05) is 35.9 Å². The Morgan fingerprint density at radius 1 is 1.26 bits per heavy atom. The van der Waals surface area contributed by atoms with E-state index in [1.165, 1.54) is 6.20 Å². The van der Waals surface area contributed by atoms with Crippen molar-refractivity contribution in [1.82, 2.24) is 9.55 Å². The third kappa shape index (κ3) is 3.18. The molecule has 0 radical (unpaired) electrons. The van der Waals surface area contributed by atoms with Gasteiger partial charge in [0.25, 0.3) is 0 Å². The van der Waals surface area contributed by atoms with Gasteiger partial charge in [-0.05, 0) is 31.2 Å². The van der Waals surface area contributed by atoms with Crippen LogP contribution < -0.4 is 4.72 Å². The zero-order chi connectivity index (χ0) is 16.6. The van der Waals surface area contributed by atoms with Crippen molar-refractivity contribution in [2.45, 2.75) is 6.92 Å². The third-order valence-electron chi connectivity index (χ3n) is 3.69. The van der Waals surface area contributed by atoms with Crippen molar-refractivity contribution in [3.63, 3.8) is 0 Å². The Labute approximate surface area is 141 Å². The molecule has 2 aromatic heterocycles. The summed E-state index contributed by atoms with van der Waals surface area (Å²) in [4.78, 5) is 4.14. The molecule has 0 bridgehead atoms. The summed E-state index contributed by atoms with van der Waals surface area (Å²) >= 11 is 6.06. The van der Waals surface area contributed by atoms with Gasteiger partial charge in [-0.15, -0.1) is 0 Å². The first-order valence-electron chi connectivity index (χ1n) is 7.10. The number of rotatable bonds is 4. The van der Waals surface area contributed by atoms with Crippen LogP contribution in [0.3, 0.4) is 0 Å². The molecule has 122 valence electrons. The second kappa shape index (κ2) is 5.86. The smallest absolute Gasteiger partial charge is 0.232 e. The largest absolute Gasteiger partial charge is 0.344 e. The Kier molecular flexibility index (Phi) is 4.04. The molecule has 0 aliphatic carbocycles. The average molecular weight is 352 g/mol. The highest BCUT2D eigenvalue weighted by Gasteiger charge is 2.11. The number of sulfonamides is 1. The Morgan fingerprint density at radius 2 is 2.04 bits per heavy atom. The SMILES string of the molecule is CCS(=O)(=O)Nc1cncc(-c2cc3ccc(Cl)cc3n2C)c1.[HH]. The first-order chi connectivity index (χ1) is 10.9. The van der Waals surface area contributed by atoms with Crippen molar-refractivity contribution in [2.24, 2.45) is 7.05 Å². The van der Waals surface area contributed by atoms with Gasteiger partial charge >= 0.3 is 0 Å². The maximum Gasteiger partial charge on any atom is 0.232 e. The highest BCUT2D eigenvalue weighted by atomic mass is 35.5. The molecule has 5 nitrogen and oxygen atoms in total. The van der Waals surface area contributed by atoms with Crippen LogP contribution in [0.25, 0.3) is 22.2 Å². The molecular weight excluding hydrogens is 334 g/mol. The molecule has 3 rings (SSSR count). The van der Waals surface area contributed by atoms with E-state index in [9.17, 15) is 8.42 Å². The van der Waals surface area contributed by atoms with Gasteiger partial charge in [0.2, 0.25) is 10.0 Å². The number of hydrogen-bond acceptors (Lipinski definition) is 3. The number of aryl methyl sites for hydroxylation is 1. The Hall–Kier alpha value is -2.05. The first-order valence-corrected chi connectivity index (χ1v) is 9.13. The number of fused-ring (bicyclic) bond motifs is 1. The zero-order valence-electron chi connectivity index (χ0n) is 12.7. The lowest BCUT2D eigenvalue weighted by molar-refractivity contribution is 0.602. The first kappa shape index (κ1) is 15.8. The lowest BCUT2D eigenvalue weighted by Crippen LogP contribution is -2.14. The standard InChI is InChI=1S/C16H16ClN3O2S.H2/c1-3-23(21,22)19-14-6-12(9-18-10-14)15-7-11-4-5-13(17)8-16(11)20(15)2;/h4-10,19H,3H2,1-2H3;1H. The van der Waals surface area contributed by atoms with Gasteiger partial charge in [0.1, 0.15) is 0 Å². The number of halogens is 1. The normalized spacial score (nSPS) is 11.8. The predicted molar refractivity (Wildman–Crippen MR) is 96.4 cm³/mol. The number of nitrogens with zero attached hydrogens (tertiary/aromatic N) is 2. The molecule has 0 unspecified atom stereocenters. The number of aromatic nitrogens is 2. The molecule has 1 aromatic carbocycles. The molecule has 0 aliphatic rings. The summed E-state index contributed by atoms with van der Waals surface area (Å²) in [5.41, 5.74) is 3.23. The number of benzene rings is 1. The van der Waals surface area contributed by atoms with Gasteiger partial charge in [-0.1, -0.05) is 17.7 Å². The van der Waals surface area contributed by atoms with E-state index < -0.39 is 10.0 Å². The summed E-state index contributed by atoms with van der Waals surface area (Å²) in [5, 5.41) is 1.74. The minimum atomic E-state index is -3.33. The molecule has 0 atom stereocenters. The molecular formula is C16H18ClN3O2S.